The summed E-state index contributed by atoms with van der Waals surface area (Å²) in [7, 11) is 0. The van der Waals surface area contributed by atoms with Gasteiger partial charge in [0.05, 0.1) is 35.8 Å². The van der Waals surface area contributed by atoms with E-state index in [9.17, 15) is 0 Å². The summed E-state index contributed by atoms with van der Waals surface area (Å²) < 4.78 is 0. The topological polar surface area (TPSA) is 556 Å². The number of aliphatic carboxylic acids is 6. The van der Waals surface area contributed by atoms with Crippen LogP contribution >= 0.6 is 0 Å². The van der Waals surface area contributed by atoms with E-state index in [1.165, 1.54) is 0 Å². The fourth-order valence-corrected chi connectivity index (χ4v) is 0. The quantitative estimate of drug-likeness (QED) is 0.210. The van der Waals surface area contributed by atoms with Gasteiger partial charge in [0.25, 0.3) is 0 Å². The van der Waals surface area contributed by atoms with Crippen LogP contribution in [0.1, 0.15) is 0 Å². The molecule has 0 unspecified atom stereocenters. The van der Waals surface area contributed by atoms with Crippen LogP contribution in [0.25, 0.3) is 0 Å². The molecule has 0 aliphatic carbocycles. The number of carbonyl (C=O) groups excluding carboxylic acids is 6. The molecule has 0 aromatic heterocycles. The molecule has 0 atom stereocenters. The third kappa shape index (κ3) is 153. The number of carboxylic acid groups (broad SMARTS) is 6. The van der Waals surface area contributed by atoms with Crippen LogP contribution in [0.2, 0.25) is 0 Å². The van der Waals surface area contributed by atoms with Gasteiger partial charge in [-0.15, -0.1) is 0 Å². The van der Waals surface area contributed by atoms with Crippen LogP contribution in [0.15, 0.2) is 0 Å². The summed E-state index contributed by atoms with van der Waals surface area (Å²) in [6.45, 7) is 0. The van der Waals surface area contributed by atoms with Crippen molar-refractivity contribution in [3.05, 3.63) is 0 Å². The molecule has 0 aromatic carbocycles. The van der Waals surface area contributed by atoms with Crippen LogP contribution in [-0.4, -0.2) is 90.6 Å². The van der Waals surface area contributed by atoms with Crippen LogP contribution in [-0.2, 0) is 28.8 Å². The number of rotatable bonds is 0. The van der Waals surface area contributed by atoms with Gasteiger partial charge in [0.15, 0.2) is 0 Å². The van der Waals surface area contributed by atoms with Crippen molar-refractivity contribution >= 4 is 35.8 Å². The minimum absolute atomic E-state index is 0. The van der Waals surface area contributed by atoms with E-state index in [0.717, 1.165) is 0 Å². The summed E-state index contributed by atoms with van der Waals surface area (Å²) in [6, 6.07) is 0. The molecular formula is C6H20La2O22. The summed E-state index contributed by atoms with van der Waals surface area (Å²) in [5.74, 6) is -13.1. The summed E-state index contributed by atoms with van der Waals surface area (Å²) in [6.07, 6.45) is 0. The second-order valence-electron chi connectivity index (χ2n) is 1.72. The molecule has 0 aliphatic rings. The van der Waals surface area contributed by atoms with Gasteiger partial charge in [0, 0.05) is 0 Å². The Morgan fingerprint density at radius 3 is 0.300 bits per heavy atom. The maximum atomic E-state index is 8.93. The summed E-state index contributed by atoms with van der Waals surface area (Å²) in [4.78, 5) is 53.6. The van der Waals surface area contributed by atoms with Crippen LogP contribution in [0.3, 0.4) is 0 Å². The van der Waals surface area contributed by atoms with E-state index in [0.29, 0.717) is 0 Å². The molecular weight excluding hydrogens is 702 g/mol. The van der Waals surface area contributed by atoms with Gasteiger partial charge in [-0.2, -0.15) is 0 Å². The first kappa shape index (κ1) is 117. The summed E-state index contributed by atoms with van der Waals surface area (Å²) in [5.41, 5.74) is 0. The van der Waals surface area contributed by atoms with Crippen molar-refractivity contribution in [3.63, 3.8) is 0 Å². The Hall–Kier alpha value is -1.19. The van der Waals surface area contributed by atoms with E-state index in [1.54, 1.807) is 0 Å². The molecule has 0 bridgehead atoms. The fraction of sp³-hybridized carbons (Fsp3) is 0. The maximum Gasteiger partial charge on any atom is 3.00 e. The van der Waals surface area contributed by atoms with Crippen LogP contribution < -0.4 is 30.6 Å². The zero-order valence-corrected chi connectivity index (χ0v) is 21.3. The number of hydrogen-bond donors (Lipinski definition) is 0. The first-order valence-electron chi connectivity index (χ1n) is 3.20. The molecule has 0 aromatic rings. The summed E-state index contributed by atoms with van der Waals surface area (Å²) in [5, 5.41) is 53.6. The Balaban J connectivity index is -0.00000000721. The largest absolute Gasteiger partial charge is 3.00 e. The average molecular weight is 722 g/mol. The van der Waals surface area contributed by atoms with Gasteiger partial charge in [-0.3, -0.25) is 0 Å². The fourth-order valence-electron chi connectivity index (χ4n) is 0. The van der Waals surface area contributed by atoms with Crippen molar-refractivity contribution < 1.29 is 185 Å². The summed E-state index contributed by atoms with van der Waals surface area (Å²) >= 11 is 0. The molecule has 0 fully saturated rings. The molecule has 30 heavy (non-hydrogen) atoms. The van der Waals surface area contributed by atoms with Gasteiger partial charge < -0.3 is 114 Å². The van der Waals surface area contributed by atoms with Crippen molar-refractivity contribution in [2.24, 2.45) is 0 Å². The Morgan fingerprint density at radius 1 is 0.267 bits per heavy atom. The molecule has 182 valence electrons. The third-order valence-electron chi connectivity index (χ3n) is 0.500. The monoisotopic (exact) mass is 722 g/mol. The molecule has 20 N–H and O–H groups in total. The van der Waals surface area contributed by atoms with Crippen LogP contribution in [0.4, 0.5) is 0 Å². The minimum atomic E-state index is -2.19. The van der Waals surface area contributed by atoms with Crippen molar-refractivity contribution in [3.8, 4) is 0 Å². The smallest absolute Gasteiger partial charge is 0.543 e. The Bertz CT molecular complexity index is 287. The van der Waals surface area contributed by atoms with Crippen LogP contribution in [0, 0.1) is 71.2 Å². The second-order valence-corrected chi connectivity index (χ2v) is 1.72. The molecule has 0 rings (SSSR count). The van der Waals surface area contributed by atoms with Gasteiger partial charge >= 0.3 is 71.2 Å². The molecule has 22 nitrogen and oxygen atoms in total. The SMILES string of the molecule is O.O.O.O.O.O.O.O.O.O.O=C([O-])C(=O)[O-].O=C([O-])C(=O)[O-].O=C([O-])C(=O)[O-].[La+3].[La+3]. The molecule has 0 amide bonds. The van der Waals surface area contributed by atoms with Gasteiger partial charge in [0.2, 0.25) is 0 Å². The van der Waals surface area contributed by atoms with E-state index in [1.807, 2.05) is 0 Å². The number of hydrogen-bond acceptors (Lipinski definition) is 12. The van der Waals surface area contributed by atoms with E-state index in [2.05, 4.69) is 0 Å². The number of carboxylic acids is 6. The Kier molecular flexibility index (Phi) is 275. The minimum Gasteiger partial charge on any atom is -0.543 e. The molecule has 0 heterocycles. The van der Waals surface area contributed by atoms with E-state index in [4.69, 9.17) is 59.4 Å². The Morgan fingerprint density at radius 2 is 0.300 bits per heavy atom. The number of carbonyl (C=O) groups is 6. The molecule has 0 saturated carbocycles. The standard InChI is InChI=1S/3C2H2O4.2La.10H2O/c3*3-1(4)2(5)6;;;;;;;;;;;;/h3*(H,3,4)(H,5,6);;;10*1H2/q;;;2*+3;;;;;;;;;;/p-6. The predicted octanol–water partition coefficient (Wildman–Crippen LogP) is -18.8. The van der Waals surface area contributed by atoms with Gasteiger partial charge in [-0.25, -0.2) is 0 Å². The maximum absolute atomic E-state index is 8.93. The van der Waals surface area contributed by atoms with E-state index in [-0.39, 0.29) is 126 Å². The molecule has 0 saturated heterocycles. The van der Waals surface area contributed by atoms with Crippen molar-refractivity contribution in [1.29, 1.82) is 0 Å². The van der Waals surface area contributed by atoms with Crippen LogP contribution in [0.5, 0.6) is 0 Å². The van der Waals surface area contributed by atoms with E-state index >= 15 is 0 Å². The van der Waals surface area contributed by atoms with Gasteiger partial charge in [-0.1, -0.05) is 0 Å². The third-order valence-corrected chi connectivity index (χ3v) is 0.500. The molecule has 0 aliphatic heterocycles. The second kappa shape index (κ2) is 70.7. The molecule has 0 spiro atoms. The average Bonchev–Trinajstić information content (AvgIpc) is 2.18. The first-order valence-corrected chi connectivity index (χ1v) is 3.20. The first-order chi connectivity index (χ1) is 7.93. The molecule has 0 radical (unpaired) electrons. The zero-order chi connectivity index (χ0) is 15.5. The van der Waals surface area contributed by atoms with Gasteiger partial charge in [0.1, 0.15) is 0 Å². The normalized spacial score (nSPS) is 4.40. The van der Waals surface area contributed by atoms with Crippen molar-refractivity contribution in [2.45, 2.75) is 0 Å². The zero-order valence-electron chi connectivity index (χ0n) is 14.1. The molecule has 24 heteroatoms. The van der Waals surface area contributed by atoms with Gasteiger partial charge in [-0.05, 0) is 0 Å². The van der Waals surface area contributed by atoms with E-state index < -0.39 is 35.8 Å². The Labute approximate surface area is 219 Å². The predicted molar refractivity (Wildman–Crippen MR) is 66.2 cm³/mol. The van der Waals surface area contributed by atoms with Crippen molar-refractivity contribution in [1.82, 2.24) is 0 Å². The van der Waals surface area contributed by atoms with Crippen molar-refractivity contribution in [2.75, 3.05) is 0 Å².